The number of amides is 1. The number of hydrogen-bond acceptors (Lipinski definition) is 7. The summed E-state index contributed by atoms with van der Waals surface area (Å²) in [6.45, 7) is 3.38. The largest absolute Gasteiger partial charge is 0.459 e. The molecule has 1 amide bonds. The predicted octanol–water partition coefficient (Wildman–Crippen LogP) is 2.23. The van der Waals surface area contributed by atoms with Crippen LogP contribution in [0.25, 0.3) is 11.7 Å². The number of piperidine rings is 2. The van der Waals surface area contributed by atoms with Crippen molar-refractivity contribution in [2.75, 3.05) is 38.1 Å². The second-order valence-corrected chi connectivity index (χ2v) is 7.61. The number of carbonyl (C=O) groups excluding carboxylic acids is 1. The van der Waals surface area contributed by atoms with Crippen LogP contribution in [0.3, 0.4) is 0 Å². The van der Waals surface area contributed by atoms with Crippen molar-refractivity contribution in [2.45, 2.75) is 31.7 Å². The summed E-state index contributed by atoms with van der Waals surface area (Å²) in [6.07, 6.45) is 5.04. The van der Waals surface area contributed by atoms with Gasteiger partial charge in [-0.1, -0.05) is 0 Å². The highest BCUT2D eigenvalue weighted by Crippen LogP contribution is 2.31. The molecule has 0 spiro atoms. The van der Waals surface area contributed by atoms with Crippen LogP contribution in [-0.4, -0.2) is 55.1 Å². The molecule has 2 aliphatic rings. The molecule has 2 saturated heterocycles. The second-order valence-electron chi connectivity index (χ2n) is 7.61. The van der Waals surface area contributed by atoms with Gasteiger partial charge >= 0.3 is 0 Å². The third-order valence-electron chi connectivity index (χ3n) is 5.67. The number of furan rings is 1. The van der Waals surface area contributed by atoms with E-state index in [0.717, 1.165) is 38.8 Å². The number of likely N-dealkylation sites (tertiary alicyclic amines) is 1. The fourth-order valence-corrected chi connectivity index (χ4v) is 3.92. The lowest BCUT2D eigenvalue weighted by molar-refractivity contribution is -0.126. The van der Waals surface area contributed by atoms with E-state index in [2.05, 4.69) is 28.3 Å². The Morgan fingerprint density at radius 2 is 2.00 bits per heavy atom. The van der Waals surface area contributed by atoms with Gasteiger partial charge in [-0.2, -0.15) is 10.2 Å². The highest BCUT2D eigenvalue weighted by atomic mass is 16.4. The Labute approximate surface area is 164 Å². The fourth-order valence-electron chi connectivity index (χ4n) is 3.92. The Kier molecular flexibility index (Phi) is 5.35. The molecule has 0 bridgehead atoms. The molecule has 28 heavy (non-hydrogen) atoms. The molecule has 0 aromatic carbocycles. The van der Waals surface area contributed by atoms with Gasteiger partial charge in [0.1, 0.15) is 6.07 Å². The van der Waals surface area contributed by atoms with Crippen LogP contribution >= 0.6 is 0 Å². The SMILES string of the molecule is CN1CCC(NC(=O)C2CCN(c3oc(-c4ccco4)nc3C#N)CC2)CC1. The van der Waals surface area contributed by atoms with Crippen LogP contribution in [0.15, 0.2) is 27.2 Å². The van der Waals surface area contributed by atoms with E-state index in [-0.39, 0.29) is 23.6 Å². The summed E-state index contributed by atoms with van der Waals surface area (Å²) >= 11 is 0. The Balaban J connectivity index is 1.35. The molecule has 0 saturated carbocycles. The van der Waals surface area contributed by atoms with Crippen LogP contribution in [-0.2, 0) is 4.79 Å². The molecule has 0 aliphatic carbocycles. The standard InChI is InChI=1S/C20H25N5O3/c1-24-8-6-15(7-9-24)22-18(26)14-4-10-25(11-5-14)20-16(13-21)23-19(28-20)17-3-2-12-27-17/h2-3,12,14-15H,4-11H2,1H3,(H,22,26). The van der Waals surface area contributed by atoms with E-state index < -0.39 is 0 Å². The van der Waals surface area contributed by atoms with Crippen molar-refractivity contribution in [1.29, 1.82) is 5.26 Å². The molecule has 2 aromatic heterocycles. The number of oxazole rings is 1. The minimum atomic E-state index is 0.00825. The zero-order valence-electron chi connectivity index (χ0n) is 16.1. The van der Waals surface area contributed by atoms with Gasteiger partial charge in [0.25, 0.3) is 5.89 Å². The Hall–Kier alpha value is -2.79. The zero-order valence-corrected chi connectivity index (χ0v) is 16.1. The highest BCUT2D eigenvalue weighted by molar-refractivity contribution is 5.79. The van der Waals surface area contributed by atoms with Crippen LogP contribution in [0, 0.1) is 17.2 Å². The van der Waals surface area contributed by atoms with Crippen molar-refractivity contribution >= 4 is 11.8 Å². The van der Waals surface area contributed by atoms with Crippen LogP contribution in [0.2, 0.25) is 0 Å². The molecule has 8 nitrogen and oxygen atoms in total. The third-order valence-corrected chi connectivity index (χ3v) is 5.67. The summed E-state index contributed by atoms with van der Waals surface area (Å²) in [5, 5.41) is 12.6. The minimum Gasteiger partial charge on any atom is -0.459 e. The Bertz CT molecular complexity index is 838. The molecule has 2 aromatic rings. The summed E-state index contributed by atoms with van der Waals surface area (Å²) in [4.78, 5) is 21.2. The molecule has 0 radical (unpaired) electrons. The van der Waals surface area contributed by atoms with E-state index in [1.54, 1.807) is 18.4 Å². The van der Waals surface area contributed by atoms with E-state index in [4.69, 9.17) is 8.83 Å². The van der Waals surface area contributed by atoms with Gasteiger partial charge in [-0.15, -0.1) is 0 Å². The van der Waals surface area contributed by atoms with Crippen molar-refractivity contribution in [3.63, 3.8) is 0 Å². The molecule has 4 rings (SSSR count). The number of nitrogens with zero attached hydrogens (tertiary/aromatic N) is 4. The monoisotopic (exact) mass is 383 g/mol. The summed E-state index contributed by atoms with van der Waals surface area (Å²) in [5.74, 6) is 1.43. The maximum absolute atomic E-state index is 12.6. The van der Waals surface area contributed by atoms with E-state index in [9.17, 15) is 10.1 Å². The fraction of sp³-hybridized carbons (Fsp3) is 0.550. The average molecular weight is 383 g/mol. The maximum atomic E-state index is 12.6. The van der Waals surface area contributed by atoms with Gasteiger partial charge in [0.15, 0.2) is 5.76 Å². The van der Waals surface area contributed by atoms with Crippen molar-refractivity contribution in [3.05, 3.63) is 24.1 Å². The number of aromatic nitrogens is 1. The van der Waals surface area contributed by atoms with Crippen molar-refractivity contribution in [2.24, 2.45) is 5.92 Å². The second kappa shape index (κ2) is 8.07. The van der Waals surface area contributed by atoms with E-state index >= 15 is 0 Å². The molecule has 2 fully saturated rings. The summed E-state index contributed by atoms with van der Waals surface area (Å²) in [5.41, 5.74) is 0.251. The van der Waals surface area contributed by atoms with Gasteiger partial charge in [0.05, 0.1) is 6.26 Å². The summed E-state index contributed by atoms with van der Waals surface area (Å²) in [7, 11) is 2.12. The molecular formula is C20H25N5O3. The van der Waals surface area contributed by atoms with Gasteiger partial charge in [-0.05, 0) is 58.0 Å². The first kappa shape index (κ1) is 18.6. The number of nitriles is 1. The minimum absolute atomic E-state index is 0.00825. The van der Waals surface area contributed by atoms with Crippen LogP contribution in [0.5, 0.6) is 0 Å². The molecule has 8 heteroatoms. The third kappa shape index (κ3) is 3.90. The predicted molar refractivity (Wildman–Crippen MR) is 103 cm³/mol. The van der Waals surface area contributed by atoms with Gasteiger partial charge < -0.3 is 24.0 Å². The van der Waals surface area contributed by atoms with E-state index in [1.165, 1.54) is 0 Å². The van der Waals surface area contributed by atoms with Gasteiger partial charge in [0.2, 0.25) is 17.5 Å². The van der Waals surface area contributed by atoms with E-state index in [1.807, 2.05) is 4.90 Å². The summed E-state index contributed by atoms with van der Waals surface area (Å²) in [6, 6.07) is 5.88. The molecular weight excluding hydrogens is 358 g/mol. The van der Waals surface area contributed by atoms with Gasteiger partial charge in [0, 0.05) is 25.0 Å². The topological polar surface area (TPSA) is 98.5 Å². The zero-order chi connectivity index (χ0) is 19.5. The van der Waals surface area contributed by atoms with Crippen LogP contribution in [0.1, 0.15) is 31.4 Å². The number of carbonyl (C=O) groups is 1. The number of nitrogens with one attached hydrogen (secondary N) is 1. The molecule has 0 unspecified atom stereocenters. The molecule has 2 aliphatic heterocycles. The summed E-state index contributed by atoms with van der Waals surface area (Å²) < 4.78 is 11.1. The first-order valence-corrected chi connectivity index (χ1v) is 9.82. The Morgan fingerprint density at radius 1 is 1.25 bits per heavy atom. The van der Waals surface area contributed by atoms with Gasteiger partial charge in [-0.25, -0.2) is 0 Å². The van der Waals surface area contributed by atoms with Crippen molar-refractivity contribution in [1.82, 2.24) is 15.2 Å². The lowest BCUT2D eigenvalue weighted by Crippen LogP contribution is -2.47. The molecule has 148 valence electrons. The van der Waals surface area contributed by atoms with Gasteiger partial charge in [-0.3, -0.25) is 4.79 Å². The number of anilines is 1. The Morgan fingerprint density at radius 3 is 2.64 bits per heavy atom. The van der Waals surface area contributed by atoms with E-state index in [0.29, 0.717) is 30.6 Å². The molecule has 4 heterocycles. The quantitative estimate of drug-likeness (QED) is 0.864. The first-order valence-electron chi connectivity index (χ1n) is 9.82. The first-order chi connectivity index (χ1) is 13.6. The normalized spacial score (nSPS) is 19.5. The highest BCUT2D eigenvalue weighted by Gasteiger charge is 2.30. The van der Waals surface area contributed by atoms with Crippen molar-refractivity contribution in [3.8, 4) is 17.7 Å². The lowest BCUT2D eigenvalue weighted by atomic mass is 9.94. The number of hydrogen-bond donors (Lipinski definition) is 1. The van der Waals surface area contributed by atoms with Crippen LogP contribution < -0.4 is 10.2 Å². The van der Waals surface area contributed by atoms with Crippen molar-refractivity contribution < 1.29 is 13.6 Å². The number of rotatable bonds is 4. The lowest BCUT2D eigenvalue weighted by Gasteiger charge is -2.33. The molecule has 0 atom stereocenters. The smallest absolute Gasteiger partial charge is 0.266 e. The molecule has 1 N–H and O–H groups in total. The average Bonchev–Trinajstić information content (AvgIpc) is 3.39. The maximum Gasteiger partial charge on any atom is 0.266 e. The van der Waals surface area contributed by atoms with Crippen LogP contribution in [0.4, 0.5) is 5.88 Å².